The van der Waals surface area contributed by atoms with Crippen LogP contribution in [0, 0.1) is 0 Å². The SMILES string of the molecule is CC1(C)C[C@@]2(OC(N)=NCC2(F)F)c2cc(Br)ccc2O1. The summed E-state index contributed by atoms with van der Waals surface area (Å²) in [6, 6.07) is 4.77. The predicted molar refractivity (Wildman–Crippen MR) is 77.7 cm³/mol. The van der Waals surface area contributed by atoms with Crippen LogP contribution in [0.3, 0.4) is 0 Å². The van der Waals surface area contributed by atoms with Crippen molar-refractivity contribution in [2.45, 2.75) is 37.4 Å². The molecule has 114 valence electrons. The summed E-state index contributed by atoms with van der Waals surface area (Å²) in [5.41, 5.74) is 3.21. The zero-order valence-electron chi connectivity index (χ0n) is 11.6. The largest absolute Gasteiger partial charge is 0.487 e. The fraction of sp³-hybridized carbons (Fsp3) is 0.500. The van der Waals surface area contributed by atoms with E-state index >= 15 is 0 Å². The lowest BCUT2D eigenvalue weighted by molar-refractivity contribution is -0.211. The molecular formula is C14H15BrF2N2O2. The first-order chi connectivity index (χ1) is 9.65. The van der Waals surface area contributed by atoms with Gasteiger partial charge in [-0.1, -0.05) is 15.9 Å². The molecule has 0 saturated heterocycles. The van der Waals surface area contributed by atoms with Crippen LogP contribution in [0.2, 0.25) is 0 Å². The summed E-state index contributed by atoms with van der Waals surface area (Å²) in [5.74, 6) is -2.80. The number of nitrogens with zero attached hydrogens (tertiary/aromatic N) is 1. The number of hydrogen-bond donors (Lipinski definition) is 1. The first-order valence-electron chi connectivity index (χ1n) is 6.51. The van der Waals surface area contributed by atoms with Crippen molar-refractivity contribution in [2.75, 3.05) is 6.54 Å². The highest BCUT2D eigenvalue weighted by atomic mass is 79.9. The Morgan fingerprint density at radius 1 is 1.29 bits per heavy atom. The second-order valence-electron chi connectivity index (χ2n) is 5.97. The monoisotopic (exact) mass is 360 g/mol. The standard InChI is InChI=1S/C14H15BrF2N2O2/c1-12(2)6-13(14(16,17)7-19-11(18)21-13)9-5-8(15)3-4-10(9)20-12/h3-5H,6-7H2,1-2H3,(H2,18,19)/t13-/m1/s1. The highest BCUT2D eigenvalue weighted by Gasteiger charge is 2.64. The summed E-state index contributed by atoms with van der Waals surface area (Å²) in [4.78, 5) is 3.55. The average molecular weight is 361 g/mol. The van der Waals surface area contributed by atoms with Crippen molar-refractivity contribution in [3.8, 4) is 5.75 Å². The maximum absolute atomic E-state index is 14.7. The van der Waals surface area contributed by atoms with E-state index < -0.39 is 23.7 Å². The van der Waals surface area contributed by atoms with E-state index in [1.807, 2.05) is 0 Å². The van der Waals surface area contributed by atoms with Gasteiger partial charge in [0.1, 0.15) is 17.9 Å². The van der Waals surface area contributed by atoms with Crippen LogP contribution >= 0.6 is 15.9 Å². The highest BCUT2D eigenvalue weighted by Crippen LogP contribution is 2.55. The normalized spacial score (nSPS) is 29.1. The van der Waals surface area contributed by atoms with E-state index in [1.165, 1.54) is 0 Å². The molecule has 2 aliphatic heterocycles. The molecule has 1 spiro atoms. The van der Waals surface area contributed by atoms with E-state index in [9.17, 15) is 8.78 Å². The van der Waals surface area contributed by atoms with E-state index in [1.54, 1.807) is 32.0 Å². The van der Waals surface area contributed by atoms with Gasteiger partial charge < -0.3 is 15.2 Å². The molecule has 1 atom stereocenters. The maximum atomic E-state index is 14.7. The molecular weight excluding hydrogens is 346 g/mol. The third-order valence-electron chi connectivity index (χ3n) is 3.74. The molecule has 0 unspecified atom stereocenters. The Balaban J connectivity index is 2.26. The van der Waals surface area contributed by atoms with Crippen LogP contribution in [-0.4, -0.2) is 24.1 Å². The lowest BCUT2D eigenvalue weighted by atomic mass is 9.75. The van der Waals surface area contributed by atoms with E-state index in [-0.39, 0.29) is 12.4 Å². The number of benzene rings is 1. The van der Waals surface area contributed by atoms with Crippen molar-refractivity contribution >= 4 is 22.0 Å². The number of fused-ring (bicyclic) bond motifs is 2. The molecule has 21 heavy (non-hydrogen) atoms. The molecule has 7 heteroatoms. The molecule has 4 nitrogen and oxygen atoms in total. The van der Waals surface area contributed by atoms with Gasteiger partial charge in [0.05, 0.1) is 0 Å². The van der Waals surface area contributed by atoms with E-state index in [0.29, 0.717) is 15.8 Å². The minimum absolute atomic E-state index is 0.0212. The number of alkyl halides is 2. The van der Waals surface area contributed by atoms with Crippen molar-refractivity contribution < 1.29 is 18.3 Å². The summed E-state index contributed by atoms with van der Waals surface area (Å²) in [7, 11) is 0. The molecule has 0 fully saturated rings. The van der Waals surface area contributed by atoms with Crippen LogP contribution in [0.1, 0.15) is 25.8 Å². The number of amidine groups is 1. The van der Waals surface area contributed by atoms with Gasteiger partial charge in [-0.05, 0) is 32.0 Å². The number of aliphatic imine (C=N–C) groups is 1. The molecule has 0 radical (unpaired) electrons. The number of hydrogen-bond acceptors (Lipinski definition) is 4. The Labute approximate surface area is 129 Å². The highest BCUT2D eigenvalue weighted by molar-refractivity contribution is 9.10. The fourth-order valence-electron chi connectivity index (χ4n) is 2.94. The van der Waals surface area contributed by atoms with Crippen LogP contribution in [0.4, 0.5) is 8.78 Å². The third kappa shape index (κ3) is 2.18. The summed E-state index contributed by atoms with van der Waals surface area (Å²) in [6.45, 7) is 2.81. The van der Waals surface area contributed by atoms with Crippen molar-refractivity contribution in [3.05, 3.63) is 28.2 Å². The molecule has 1 aromatic rings. The van der Waals surface area contributed by atoms with Gasteiger partial charge in [-0.25, -0.2) is 4.99 Å². The van der Waals surface area contributed by atoms with Crippen LogP contribution in [0.15, 0.2) is 27.7 Å². The van der Waals surface area contributed by atoms with Crippen molar-refractivity contribution in [3.63, 3.8) is 0 Å². The topological polar surface area (TPSA) is 56.8 Å². The zero-order chi connectivity index (χ0) is 15.5. The lowest BCUT2D eigenvalue weighted by Gasteiger charge is -2.49. The predicted octanol–water partition coefficient (Wildman–Crippen LogP) is 3.19. The molecule has 2 heterocycles. The number of rotatable bonds is 0. The number of nitrogens with two attached hydrogens (primary N) is 1. The quantitative estimate of drug-likeness (QED) is 0.772. The molecule has 1 aromatic carbocycles. The molecule has 0 aromatic heterocycles. The number of ether oxygens (including phenoxy) is 2. The fourth-order valence-corrected chi connectivity index (χ4v) is 3.30. The second-order valence-corrected chi connectivity index (χ2v) is 6.88. The minimum Gasteiger partial charge on any atom is -0.487 e. The summed E-state index contributed by atoms with van der Waals surface area (Å²) in [6.07, 6.45) is -0.0212. The van der Waals surface area contributed by atoms with Crippen molar-refractivity contribution in [1.82, 2.24) is 0 Å². The van der Waals surface area contributed by atoms with Gasteiger partial charge in [-0.2, -0.15) is 8.78 Å². The van der Waals surface area contributed by atoms with Gasteiger partial charge in [-0.3, -0.25) is 0 Å². The molecule has 3 rings (SSSR count). The van der Waals surface area contributed by atoms with Gasteiger partial charge in [0.25, 0.3) is 6.02 Å². The molecule has 0 amide bonds. The second kappa shape index (κ2) is 4.32. The van der Waals surface area contributed by atoms with Crippen molar-refractivity contribution in [1.29, 1.82) is 0 Å². The van der Waals surface area contributed by atoms with Gasteiger partial charge in [0.2, 0.25) is 5.60 Å². The van der Waals surface area contributed by atoms with Crippen LogP contribution in [0.5, 0.6) is 5.75 Å². The Bertz CT molecular complexity index is 633. The molecule has 2 aliphatic rings. The Morgan fingerprint density at radius 3 is 2.71 bits per heavy atom. The zero-order valence-corrected chi connectivity index (χ0v) is 13.2. The summed E-state index contributed by atoms with van der Waals surface area (Å²) in [5, 5.41) is 0. The molecule has 0 bridgehead atoms. The molecule has 0 saturated carbocycles. The van der Waals surface area contributed by atoms with Crippen LogP contribution in [0.25, 0.3) is 0 Å². The van der Waals surface area contributed by atoms with Crippen LogP contribution < -0.4 is 10.5 Å². The Hall–Kier alpha value is -1.37. The van der Waals surface area contributed by atoms with E-state index in [4.69, 9.17) is 15.2 Å². The summed E-state index contributed by atoms with van der Waals surface area (Å²) < 4.78 is 41.3. The van der Waals surface area contributed by atoms with Gasteiger partial charge in [0.15, 0.2) is 0 Å². The van der Waals surface area contributed by atoms with E-state index in [0.717, 1.165) is 0 Å². The van der Waals surface area contributed by atoms with E-state index in [2.05, 4.69) is 20.9 Å². The van der Waals surface area contributed by atoms with Gasteiger partial charge in [-0.15, -0.1) is 0 Å². The average Bonchev–Trinajstić information content (AvgIpc) is 2.35. The maximum Gasteiger partial charge on any atom is 0.310 e. The molecule has 2 N–H and O–H groups in total. The lowest BCUT2D eigenvalue weighted by Crippen LogP contribution is -2.60. The molecule has 0 aliphatic carbocycles. The Kier molecular flexibility index (Phi) is 2.99. The third-order valence-corrected chi connectivity index (χ3v) is 4.23. The summed E-state index contributed by atoms with van der Waals surface area (Å²) >= 11 is 3.30. The first-order valence-corrected chi connectivity index (χ1v) is 7.30. The van der Waals surface area contributed by atoms with Crippen LogP contribution in [-0.2, 0) is 10.3 Å². The smallest absolute Gasteiger partial charge is 0.310 e. The minimum atomic E-state index is -3.17. The van der Waals surface area contributed by atoms with Gasteiger partial charge >= 0.3 is 5.92 Å². The van der Waals surface area contributed by atoms with Crippen molar-refractivity contribution in [2.24, 2.45) is 10.7 Å². The van der Waals surface area contributed by atoms with Gasteiger partial charge in [0, 0.05) is 16.5 Å². The Morgan fingerprint density at radius 2 is 2.00 bits per heavy atom. The first kappa shape index (κ1) is 14.6. The number of halogens is 3.